The van der Waals surface area contributed by atoms with Crippen LogP contribution in [0.3, 0.4) is 0 Å². The fraction of sp³-hybridized carbons (Fsp3) is 0.243. The van der Waals surface area contributed by atoms with Crippen LogP contribution in [0.2, 0.25) is 0 Å². The van der Waals surface area contributed by atoms with E-state index in [1.54, 1.807) is 49.4 Å². The third kappa shape index (κ3) is 8.61. The minimum atomic E-state index is -1.46. The van der Waals surface area contributed by atoms with Crippen LogP contribution in [0, 0.1) is 12.1 Å². The Morgan fingerprint density at radius 3 is 2.32 bits per heavy atom. The van der Waals surface area contributed by atoms with E-state index in [9.17, 15) is 14.7 Å². The molecule has 1 unspecified atom stereocenters. The van der Waals surface area contributed by atoms with E-state index >= 15 is 0 Å². The zero-order chi connectivity index (χ0) is 33.4. The number of fused-ring (bicyclic) bond motifs is 1. The number of carbonyl (C=O) groups excluding carboxylic acids is 2. The Labute approximate surface area is 273 Å². The minimum absolute atomic E-state index is 0.166. The van der Waals surface area contributed by atoms with Gasteiger partial charge < -0.3 is 24.1 Å². The van der Waals surface area contributed by atoms with Crippen molar-refractivity contribution in [2.24, 2.45) is 0 Å². The Kier molecular flexibility index (Phi) is 10.3. The molecule has 4 aromatic carbocycles. The summed E-state index contributed by atoms with van der Waals surface area (Å²) in [5.41, 5.74) is 2.86. The zero-order valence-electron chi connectivity index (χ0n) is 26.4. The van der Waals surface area contributed by atoms with Gasteiger partial charge in [-0.3, -0.25) is 4.79 Å². The van der Waals surface area contributed by atoms with Crippen molar-refractivity contribution in [1.82, 2.24) is 15.0 Å². The Morgan fingerprint density at radius 1 is 0.957 bits per heavy atom. The van der Waals surface area contributed by atoms with Gasteiger partial charge in [0.15, 0.2) is 11.5 Å². The molecule has 5 rings (SSSR count). The van der Waals surface area contributed by atoms with Crippen molar-refractivity contribution in [3.8, 4) is 17.2 Å². The van der Waals surface area contributed by atoms with Crippen LogP contribution in [-0.2, 0) is 20.7 Å². The van der Waals surface area contributed by atoms with E-state index in [2.05, 4.69) is 28.9 Å². The molecule has 0 aliphatic rings. The SMILES string of the molecule is C=C(C)C(=O)OCCc1ccc(OC(OCCOc2ccc(C(=O)C(C)(C)O)cc2)c2cc#ccc2)c(-n2nc3ccccc3n2)c1. The first-order valence-corrected chi connectivity index (χ1v) is 15.0. The number of hydrogen-bond acceptors (Lipinski definition) is 9. The van der Waals surface area contributed by atoms with Crippen LogP contribution in [0.4, 0.5) is 0 Å². The number of benzene rings is 3. The number of ether oxygens (including phenoxy) is 4. The zero-order valence-corrected chi connectivity index (χ0v) is 26.4. The summed E-state index contributed by atoms with van der Waals surface area (Å²) in [6, 6.07) is 30.8. The van der Waals surface area contributed by atoms with Gasteiger partial charge in [-0.2, -0.15) is 0 Å². The second-order valence-electron chi connectivity index (χ2n) is 11.3. The molecular weight excluding hydrogens is 598 g/mol. The Balaban J connectivity index is 1.33. The van der Waals surface area contributed by atoms with Crippen LogP contribution in [0.25, 0.3) is 16.7 Å². The van der Waals surface area contributed by atoms with Crippen molar-refractivity contribution >= 4 is 22.8 Å². The van der Waals surface area contributed by atoms with Gasteiger partial charge in [-0.25, -0.2) is 4.79 Å². The van der Waals surface area contributed by atoms with E-state index in [-0.39, 0.29) is 25.6 Å². The lowest BCUT2D eigenvalue weighted by Gasteiger charge is -2.21. The lowest BCUT2D eigenvalue weighted by Crippen LogP contribution is -2.30. The molecule has 1 heterocycles. The first-order valence-electron chi connectivity index (χ1n) is 15.0. The van der Waals surface area contributed by atoms with Crippen molar-refractivity contribution < 1.29 is 33.6 Å². The molecule has 0 saturated carbocycles. The van der Waals surface area contributed by atoms with Gasteiger partial charge in [-0.05, 0) is 93.1 Å². The van der Waals surface area contributed by atoms with Crippen molar-refractivity contribution in [2.45, 2.75) is 39.1 Å². The molecule has 1 N–H and O–H groups in total. The normalized spacial score (nSPS) is 11.8. The third-order valence-corrected chi connectivity index (χ3v) is 6.98. The highest BCUT2D eigenvalue weighted by molar-refractivity contribution is 6.01. The van der Waals surface area contributed by atoms with Crippen molar-refractivity contribution in [2.75, 3.05) is 19.8 Å². The monoisotopic (exact) mass is 633 g/mol. The van der Waals surface area contributed by atoms with E-state index in [0.717, 1.165) is 16.6 Å². The second-order valence-corrected chi connectivity index (χ2v) is 11.3. The Morgan fingerprint density at radius 2 is 1.68 bits per heavy atom. The highest BCUT2D eigenvalue weighted by Crippen LogP contribution is 2.30. The number of Topliss-reactive ketones (excluding diaryl/α,β-unsaturated/α-hetero) is 1. The fourth-order valence-electron chi connectivity index (χ4n) is 4.52. The van der Waals surface area contributed by atoms with Crippen LogP contribution >= 0.6 is 0 Å². The maximum absolute atomic E-state index is 12.3. The van der Waals surface area contributed by atoms with E-state index in [4.69, 9.17) is 18.9 Å². The molecule has 10 nitrogen and oxygen atoms in total. The van der Waals surface area contributed by atoms with Crippen LogP contribution < -0.4 is 9.47 Å². The van der Waals surface area contributed by atoms with Gasteiger partial charge in [0, 0.05) is 23.1 Å². The summed E-state index contributed by atoms with van der Waals surface area (Å²) in [7, 11) is 0. The Hall–Kier alpha value is -5.50. The summed E-state index contributed by atoms with van der Waals surface area (Å²) >= 11 is 0. The van der Waals surface area contributed by atoms with Crippen LogP contribution in [0.15, 0.2) is 97.1 Å². The molecule has 47 heavy (non-hydrogen) atoms. The average molecular weight is 634 g/mol. The molecule has 1 atom stereocenters. The van der Waals surface area contributed by atoms with Gasteiger partial charge in [-0.15, -0.1) is 15.0 Å². The predicted molar refractivity (Wildman–Crippen MR) is 174 cm³/mol. The van der Waals surface area contributed by atoms with Crippen molar-refractivity contribution in [3.05, 3.63) is 126 Å². The van der Waals surface area contributed by atoms with Crippen molar-refractivity contribution in [3.63, 3.8) is 0 Å². The second kappa shape index (κ2) is 14.7. The fourth-order valence-corrected chi connectivity index (χ4v) is 4.52. The summed E-state index contributed by atoms with van der Waals surface area (Å²) < 4.78 is 23.8. The number of carbonyl (C=O) groups is 2. The number of rotatable bonds is 15. The summed E-state index contributed by atoms with van der Waals surface area (Å²) in [6.07, 6.45) is -0.386. The number of ketones is 1. The minimum Gasteiger partial charge on any atom is -0.491 e. The van der Waals surface area contributed by atoms with Gasteiger partial charge in [0.2, 0.25) is 6.29 Å². The summed E-state index contributed by atoms with van der Waals surface area (Å²) in [5.74, 6) is 0.189. The molecule has 0 fully saturated rings. The highest BCUT2D eigenvalue weighted by atomic mass is 16.7. The number of nitrogens with zero attached hydrogens (tertiary/aromatic N) is 3. The molecule has 0 bridgehead atoms. The first kappa shape index (κ1) is 32.9. The number of aliphatic hydroxyl groups is 1. The van der Waals surface area contributed by atoms with Gasteiger partial charge in [-0.1, -0.05) is 36.9 Å². The van der Waals surface area contributed by atoms with Crippen LogP contribution in [0.5, 0.6) is 11.5 Å². The van der Waals surface area contributed by atoms with Gasteiger partial charge in [0.05, 0.1) is 13.2 Å². The topological polar surface area (TPSA) is 122 Å². The molecule has 0 saturated heterocycles. The largest absolute Gasteiger partial charge is 0.491 e. The summed E-state index contributed by atoms with van der Waals surface area (Å²) in [6.45, 7) is 8.68. The molecule has 0 radical (unpaired) electrons. The quantitative estimate of drug-likeness (QED) is 0.0500. The van der Waals surface area contributed by atoms with E-state index < -0.39 is 17.9 Å². The maximum atomic E-state index is 12.3. The molecule has 5 aromatic rings. The van der Waals surface area contributed by atoms with Crippen molar-refractivity contribution in [1.29, 1.82) is 0 Å². The summed E-state index contributed by atoms with van der Waals surface area (Å²) in [4.78, 5) is 25.7. The van der Waals surface area contributed by atoms with E-state index in [1.165, 1.54) is 18.6 Å². The molecule has 0 spiro atoms. The predicted octanol–water partition coefficient (Wildman–Crippen LogP) is 5.81. The summed E-state index contributed by atoms with van der Waals surface area (Å²) in [5, 5.41) is 19.3. The lowest BCUT2D eigenvalue weighted by atomic mass is 9.97. The smallest absolute Gasteiger partial charge is 0.333 e. The van der Waals surface area contributed by atoms with Gasteiger partial charge in [0.25, 0.3) is 0 Å². The maximum Gasteiger partial charge on any atom is 0.333 e. The Bertz CT molecular complexity index is 1810. The number of esters is 1. The lowest BCUT2D eigenvalue weighted by molar-refractivity contribution is -0.138. The molecule has 0 aliphatic carbocycles. The molecule has 0 amide bonds. The first-order chi connectivity index (χ1) is 22.6. The van der Waals surface area contributed by atoms with Crippen LogP contribution in [0.1, 0.15) is 48.5 Å². The standard InChI is InChI=1S/C37H35N3O7/c1-25(2)35(42)45-21-20-26-14-19-33(32(24-26)40-38-30-12-8-9-13-31(30)39-40)47-36(28-10-6-5-7-11-28)46-23-22-44-29-17-15-27(16-18-29)34(41)37(3,4)43/h6,8-19,24,36,43H,1,20-23H2,2-4H3. The highest BCUT2D eigenvalue weighted by Gasteiger charge is 2.25. The molecule has 10 heteroatoms. The molecule has 0 aliphatic heterocycles. The molecule has 240 valence electrons. The average Bonchev–Trinajstić information content (AvgIpc) is 3.51. The number of aromatic nitrogens is 3. The van der Waals surface area contributed by atoms with Gasteiger partial charge >= 0.3 is 5.97 Å². The molecular formula is C37H35N3O7. The third-order valence-electron chi connectivity index (χ3n) is 6.98. The molecule has 1 aromatic heterocycles. The number of hydrogen-bond donors (Lipinski definition) is 1. The van der Waals surface area contributed by atoms with E-state index in [1.807, 2.05) is 42.5 Å². The van der Waals surface area contributed by atoms with Crippen LogP contribution in [-0.4, -0.2) is 57.3 Å². The van der Waals surface area contributed by atoms with Gasteiger partial charge in [0.1, 0.15) is 34.7 Å². The van der Waals surface area contributed by atoms with E-state index in [0.29, 0.717) is 40.3 Å².